The van der Waals surface area contributed by atoms with E-state index < -0.39 is 0 Å². The maximum Gasteiger partial charge on any atom is 0.142 e. The van der Waals surface area contributed by atoms with Gasteiger partial charge < -0.3 is 0 Å². The molecule has 0 N–H and O–H groups in total. The molecule has 0 aliphatic heterocycles. The van der Waals surface area contributed by atoms with Crippen molar-refractivity contribution in [1.82, 2.24) is 0 Å². The molecule has 10 heavy (non-hydrogen) atoms. The Balaban J connectivity index is 3.11. The Kier molecular flexibility index (Phi) is 7.46. The molecule has 0 amide bonds. The van der Waals surface area contributed by atoms with Gasteiger partial charge in [-0.25, -0.2) is 0 Å². The topological polar surface area (TPSA) is 17.1 Å². The molecule has 0 aliphatic rings. The predicted octanol–water partition coefficient (Wildman–Crippen LogP) is 2.49. The van der Waals surface area contributed by atoms with Crippen molar-refractivity contribution >= 4 is 6.29 Å². The van der Waals surface area contributed by atoms with Gasteiger partial charge in [0.15, 0.2) is 0 Å². The van der Waals surface area contributed by atoms with Gasteiger partial charge in [0.1, 0.15) is 6.29 Å². The van der Waals surface area contributed by atoms with Gasteiger partial charge in [0.05, 0.1) is 0 Å². The minimum atomic E-state index is 0.809. The molecule has 0 bridgehead atoms. The zero-order valence-electron chi connectivity index (χ0n) is 6.42. The first kappa shape index (κ1) is 9.15. The molecule has 0 unspecified atom stereocenters. The second-order valence-corrected chi connectivity index (χ2v) is 2.02. The zero-order chi connectivity index (χ0) is 7.66. The molecule has 0 spiro atoms. The van der Waals surface area contributed by atoms with Crippen LogP contribution >= 0.6 is 0 Å². The predicted molar refractivity (Wildman–Crippen MR) is 43.9 cm³/mol. The Bertz CT molecular complexity index is 123. The van der Waals surface area contributed by atoms with Gasteiger partial charge in [-0.05, 0) is 25.3 Å². The van der Waals surface area contributed by atoms with Crippen LogP contribution in [0.5, 0.6) is 0 Å². The second-order valence-electron chi connectivity index (χ2n) is 2.02. The first-order valence-corrected chi connectivity index (χ1v) is 3.67. The van der Waals surface area contributed by atoms with Crippen LogP contribution in [-0.2, 0) is 4.79 Å². The van der Waals surface area contributed by atoms with Gasteiger partial charge in [0.2, 0.25) is 0 Å². The summed E-state index contributed by atoms with van der Waals surface area (Å²) in [5.74, 6) is 0. The van der Waals surface area contributed by atoms with E-state index in [0.717, 1.165) is 25.5 Å². The fraction of sp³-hybridized carbons (Fsp3) is 0.444. The first-order chi connectivity index (χ1) is 4.91. The van der Waals surface area contributed by atoms with E-state index in [-0.39, 0.29) is 0 Å². The second kappa shape index (κ2) is 8.15. The Hall–Kier alpha value is -0.850. The molecule has 0 aromatic heterocycles. The van der Waals surface area contributed by atoms with E-state index in [9.17, 15) is 4.79 Å². The van der Waals surface area contributed by atoms with Crippen LogP contribution in [0.1, 0.15) is 26.2 Å². The van der Waals surface area contributed by atoms with Gasteiger partial charge >= 0.3 is 0 Å². The third-order valence-corrected chi connectivity index (χ3v) is 1.12. The number of unbranched alkanes of at least 4 members (excludes halogenated alkanes) is 1. The summed E-state index contributed by atoms with van der Waals surface area (Å²) in [7, 11) is 0. The molecule has 0 heterocycles. The highest BCUT2D eigenvalue weighted by Crippen LogP contribution is 1.92. The van der Waals surface area contributed by atoms with Crippen molar-refractivity contribution in [3.05, 3.63) is 24.3 Å². The maximum absolute atomic E-state index is 9.79. The number of carbonyl (C=O) groups is 1. The van der Waals surface area contributed by atoms with Crippen molar-refractivity contribution in [2.45, 2.75) is 26.2 Å². The summed E-state index contributed by atoms with van der Waals surface area (Å²) in [5.41, 5.74) is 0. The fourth-order valence-electron chi connectivity index (χ4n) is 0.629. The van der Waals surface area contributed by atoms with E-state index in [1.165, 1.54) is 0 Å². The summed E-state index contributed by atoms with van der Waals surface area (Å²) in [6.07, 6.45) is 11.6. The number of hydrogen-bond donors (Lipinski definition) is 0. The van der Waals surface area contributed by atoms with Crippen LogP contribution in [0.25, 0.3) is 0 Å². The Morgan fingerprint density at radius 3 is 2.40 bits per heavy atom. The van der Waals surface area contributed by atoms with Gasteiger partial charge in [-0.1, -0.05) is 25.2 Å². The van der Waals surface area contributed by atoms with Crippen LogP contribution in [-0.4, -0.2) is 6.29 Å². The molecule has 1 heteroatoms. The van der Waals surface area contributed by atoms with Gasteiger partial charge in [-0.15, -0.1) is 0 Å². The largest absolute Gasteiger partial charge is 0.299 e. The van der Waals surface area contributed by atoms with Crippen LogP contribution in [0, 0.1) is 0 Å². The minimum absolute atomic E-state index is 0.809. The van der Waals surface area contributed by atoms with Crippen molar-refractivity contribution in [1.29, 1.82) is 0 Å². The number of hydrogen-bond acceptors (Lipinski definition) is 1. The van der Waals surface area contributed by atoms with E-state index in [4.69, 9.17) is 0 Å². The van der Waals surface area contributed by atoms with Crippen LogP contribution in [0.15, 0.2) is 24.3 Å². The van der Waals surface area contributed by atoms with Crippen LogP contribution in [0.2, 0.25) is 0 Å². The quantitative estimate of drug-likeness (QED) is 0.247. The molecule has 0 saturated heterocycles. The van der Waals surface area contributed by atoms with Crippen molar-refractivity contribution in [3.63, 3.8) is 0 Å². The molecule has 0 aromatic carbocycles. The van der Waals surface area contributed by atoms with Gasteiger partial charge in [0, 0.05) is 0 Å². The standard InChI is InChI=1S/C9H14O/c1-2-3-4-5-6-7-8-9-10/h3-4,7-9H,2,5-6H2,1H3/b4-3-,8-7-. The zero-order valence-corrected chi connectivity index (χ0v) is 6.42. The van der Waals surface area contributed by atoms with E-state index in [0.29, 0.717) is 0 Å². The van der Waals surface area contributed by atoms with Crippen LogP contribution < -0.4 is 0 Å². The molecule has 0 atom stereocenters. The summed E-state index contributed by atoms with van der Waals surface area (Å²) < 4.78 is 0. The Labute approximate surface area is 62.4 Å². The normalized spacial score (nSPS) is 11.3. The van der Waals surface area contributed by atoms with Crippen LogP contribution in [0.4, 0.5) is 0 Å². The molecule has 56 valence electrons. The van der Waals surface area contributed by atoms with Gasteiger partial charge in [-0.3, -0.25) is 4.79 Å². The molecule has 1 nitrogen and oxygen atoms in total. The number of carbonyl (C=O) groups excluding carboxylic acids is 1. The lowest BCUT2D eigenvalue weighted by atomic mass is 10.2. The lowest BCUT2D eigenvalue weighted by molar-refractivity contribution is -0.104. The Morgan fingerprint density at radius 1 is 1.10 bits per heavy atom. The van der Waals surface area contributed by atoms with E-state index in [1.807, 2.05) is 6.08 Å². The summed E-state index contributed by atoms with van der Waals surface area (Å²) in [5, 5.41) is 0. The smallest absolute Gasteiger partial charge is 0.142 e. The van der Waals surface area contributed by atoms with Crippen LogP contribution in [0.3, 0.4) is 0 Å². The molecular formula is C9H14O. The molecule has 0 saturated carbocycles. The summed E-state index contributed by atoms with van der Waals surface area (Å²) in [6, 6.07) is 0. The average molecular weight is 138 g/mol. The average Bonchev–Trinajstić information content (AvgIpc) is 1.97. The van der Waals surface area contributed by atoms with E-state index >= 15 is 0 Å². The molecule has 0 fully saturated rings. The molecule has 0 rings (SSSR count). The summed E-state index contributed by atoms with van der Waals surface area (Å²) in [4.78, 5) is 9.79. The monoisotopic (exact) mass is 138 g/mol. The first-order valence-electron chi connectivity index (χ1n) is 3.67. The van der Waals surface area contributed by atoms with Gasteiger partial charge in [-0.2, -0.15) is 0 Å². The maximum atomic E-state index is 9.79. The highest BCUT2D eigenvalue weighted by Gasteiger charge is 1.73. The van der Waals surface area contributed by atoms with Crippen molar-refractivity contribution in [3.8, 4) is 0 Å². The lowest BCUT2D eigenvalue weighted by Gasteiger charge is -1.83. The number of rotatable bonds is 5. The molecular weight excluding hydrogens is 124 g/mol. The highest BCUT2D eigenvalue weighted by atomic mass is 16.1. The lowest BCUT2D eigenvalue weighted by Crippen LogP contribution is -1.65. The van der Waals surface area contributed by atoms with Crippen molar-refractivity contribution < 1.29 is 4.79 Å². The van der Waals surface area contributed by atoms with E-state index in [2.05, 4.69) is 19.1 Å². The summed E-state index contributed by atoms with van der Waals surface area (Å²) in [6.45, 7) is 2.11. The van der Waals surface area contributed by atoms with E-state index in [1.54, 1.807) is 6.08 Å². The number of allylic oxidation sites excluding steroid dienone is 4. The minimum Gasteiger partial charge on any atom is -0.299 e. The summed E-state index contributed by atoms with van der Waals surface area (Å²) >= 11 is 0. The SMILES string of the molecule is CC/C=C\CC/C=C\C=O. The van der Waals surface area contributed by atoms with Gasteiger partial charge in [0.25, 0.3) is 0 Å². The number of aldehydes is 1. The molecule has 0 radical (unpaired) electrons. The van der Waals surface area contributed by atoms with Crippen molar-refractivity contribution in [2.24, 2.45) is 0 Å². The molecule has 0 aliphatic carbocycles. The highest BCUT2D eigenvalue weighted by molar-refractivity contribution is 5.64. The fourth-order valence-corrected chi connectivity index (χ4v) is 0.629. The third-order valence-electron chi connectivity index (χ3n) is 1.12. The third kappa shape index (κ3) is 7.15. The Morgan fingerprint density at radius 2 is 1.80 bits per heavy atom. The van der Waals surface area contributed by atoms with Crippen molar-refractivity contribution in [2.75, 3.05) is 0 Å². The molecule has 0 aromatic rings.